The zero-order chi connectivity index (χ0) is 21.1. The number of hydrogen-bond donors (Lipinski definition) is 2. The van der Waals surface area contributed by atoms with Gasteiger partial charge in [-0.2, -0.15) is 4.31 Å². The van der Waals surface area contributed by atoms with E-state index in [1.165, 1.54) is 34.1 Å². The van der Waals surface area contributed by atoms with Crippen molar-refractivity contribution in [1.82, 2.24) is 9.62 Å². The summed E-state index contributed by atoms with van der Waals surface area (Å²) in [5.41, 5.74) is 2.63. The molecule has 1 heterocycles. The lowest BCUT2D eigenvalue weighted by Gasteiger charge is -2.26. The van der Waals surface area contributed by atoms with Crippen LogP contribution in [-0.4, -0.2) is 37.6 Å². The second kappa shape index (κ2) is 8.57. The first-order valence-corrected chi connectivity index (χ1v) is 11.7. The normalized spacial score (nSPS) is 19.1. The molecule has 0 bridgehead atoms. The molecule has 1 aliphatic heterocycles. The summed E-state index contributed by atoms with van der Waals surface area (Å²) in [6, 6.07) is 13.7. The van der Waals surface area contributed by atoms with Gasteiger partial charge in [0.2, 0.25) is 10.0 Å². The van der Waals surface area contributed by atoms with E-state index in [-0.39, 0.29) is 10.9 Å². The Bertz CT molecular complexity index is 1040. The molecule has 0 radical (unpaired) electrons. The molecule has 1 aliphatic carbocycles. The number of anilines is 1. The fourth-order valence-corrected chi connectivity index (χ4v) is 5.62. The highest BCUT2D eigenvalue weighted by Gasteiger charge is 2.27. The number of rotatable bonds is 4. The van der Waals surface area contributed by atoms with Crippen molar-refractivity contribution >= 4 is 27.5 Å². The van der Waals surface area contributed by atoms with Crippen LogP contribution in [0.2, 0.25) is 0 Å². The minimum Gasteiger partial charge on any atom is -0.341 e. The van der Waals surface area contributed by atoms with Crippen molar-refractivity contribution < 1.29 is 18.0 Å². The lowest BCUT2D eigenvalue weighted by atomic mass is 9.88. The third-order valence-electron chi connectivity index (χ3n) is 5.70. The van der Waals surface area contributed by atoms with Crippen molar-refractivity contribution in [2.75, 3.05) is 18.4 Å². The zero-order valence-corrected chi connectivity index (χ0v) is 17.5. The van der Waals surface area contributed by atoms with Gasteiger partial charge in [0.15, 0.2) is 0 Å². The molecule has 1 fully saturated rings. The van der Waals surface area contributed by atoms with Gasteiger partial charge in [0, 0.05) is 18.8 Å². The Morgan fingerprint density at radius 3 is 2.33 bits per heavy atom. The minimum atomic E-state index is -3.51. The van der Waals surface area contributed by atoms with Gasteiger partial charge in [-0.1, -0.05) is 24.3 Å². The van der Waals surface area contributed by atoms with E-state index in [4.69, 9.17) is 0 Å². The van der Waals surface area contributed by atoms with Gasteiger partial charge in [0.05, 0.1) is 10.9 Å². The quantitative estimate of drug-likeness (QED) is 0.733. The molecule has 7 nitrogen and oxygen atoms in total. The number of nitrogens with zero attached hydrogens (tertiary/aromatic N) is 1. The highest BCUT2D eigenvalue weighted by atomic mass is 32.2. The monoisotopic (exact) mass is 427 g/mol. The molecule has 2 amide bonds. The van der Waals surface area contributed by atoms with Gasteiger partial charge in [-0.3, -0.25) is 9.59 Å². The summed E-state index contributed by atoms with van der Waals surface area (Å²) in [5, 5.41) is 5.36. The third kappa shape index (κ3) is 4.24. The number of hydrogen-bond acceptors (Lipinski definition) is 4. The zero-order valence-electron chi connectivity index (χ0n) is 16.6. The molecule has 0 saturated carbocycles. The van der Waals surface area contributed by atoms with Crippen LogP contribution in [0.3, 0.4) is 0 Å². The number of carbonyl (C=O) groups excluding carboxylic acids is 2. The maximum absolute atomic E-state index is 12.6. The molecule has 0 aromatic heterocycles. The second-order valence-corrected chi connectivity index (χ2v) is 9.64. The number of amides is 2. The molecular formula is C22H25N3O4S. The number of aryl methyl sites for hydroxylation is 1. The van der Waals surface area contributed by atoms with Gasteiger partial charge >= 0.3 is 11.8 Å². The molecule has 2 N–H and O–H groups in total. The van der Waals surface area contributed by atoms with Crippen LogP contribution in [0.1, 0.15) is 42.9 Å². The lowest BCUT2D eigenvalue weighted by Crippen LogP contribution is -2.38. The SMILES string of the molecule is O=C(Nc1ccc(S(=O)(=O)N2CCCC2)cc1)C(=O)N[C@@H]1CCCc2ccccc21. The number of nitrogens with one attached hydrogen (secondary N) is 2. The summed E-state index contributed by atoms with van der Waals surface area (Å²) in [7, 11) is -3.51. The summed E-state index contributed by atoms with van der Waals surface area (Å²) in [4.78, 5) is 24.9. The highest BCUT2D eigenvalue weighted by molar-refractivity contribution is 7.89. The van der Waals surface area contributed by atoms with Crippen molar-refractivity contribution in [3.8, 4) is 0 Å². The second-order valence-electron chi connectivity index (χ2n) is 7.71. The predicted molar refractivity (Wildman–Crippen MR) is 113 cm³/mol. The third-order valence-corrected chi connectivity index (χ3v) is 7.61. The van der Waals surface area contributed by atoms with Gasteiger partial charge in [-0.25, -0.2) is 8.42 Å². The van der Waals surface area contributed by atoms with E-state index in [9.17, 15) is 18.0 Å². The van der Waals surface area contributed by atoms with Crippen LogP contribution < -0.4 is 10.6 Å². The summed E-state index contributed by atoms with van der Waals surface area (Å²) < 4.78 is 26.6. The molecule has 158 valence electrons. The van der Waals surface area contributed by atoms with E-state index in [1.54, 1.807) is 0 Å². The Morgan fingerprint density at radius 1 is 0.900 bits per heavy atom. The minimum absolute atomic E-state index is 0.179. The molecule has 2 aromatic carbocycles. The molecular weight excluding hydrogens is 402 g/mol. The highest BCUT2D eigenvalue weighted by Crippen LogP contribution is 2.29. The van der Waals surface area contributed by atoms with E-state index in [2.05, 4.69) is 10.6 Å². The Morgan fingerprint density at radius 2 is 1.60 bits per heavy atom. The number of fused-ring (bicyclic) bond motifs is 1. The van der Waals surface area contributed by atoms with Crippen molar-refractivity contribution in [3.63, 3.8) is 0 Å². The lowest BCUT2D eigenvalue weighted by molar-refractivity contribution is -0.136. The van der Waals surface area contributed by atoms with Crippen LogP contribution in [0.5, 0.6) is 0 Å². The molecule has 0 spiro atoms. The molecule has 8 heteroatoms. The van der Waals surface area contributed by atoms with Crippen molar-refractivity contribution in [3.05, 3.63) is 59.7 Å². The van der Waals surface area contributed by atoms with Crippen molar-refractivity contribution in [2.24, 2.45) is 0 Å². The number of sulfonamides is 1. The first-order valence-electron chi connectivity index (χ1n) is 10.2. The smallest absolute Gasteiger partial charge is 0.313 e. The molecule has 1 saturated heterocycles. The van der Waals surface area contributed by atoms with E-state index >= 15 is 0 Å². The van der Waals surface area contributed by atoms with Crippen LogP contribution in [0.4, 0.5) is 5.69 Å². The Hall–Kier alpha value is -2.71. The van der Waals surface area contributed by atoms with E-state index in [0.717, 1.165) is 37.7 Å². The van der Waals surface area contributed by atoms with E-state index < -0.39 is 21.8 Å². The summed E-state index contributed by atoms with van der Waals surface area (Å²) in [5.74, 6) is -1.47. The fourth-order valence-electron chi connectivity index (χ4n) is 4.10. The Labute approximate surface area is 176 Å². The van der Waals surface area contributed by atoms with Crippen LogP contribution in [0, 0.1) is 0 Å². The van der Waals surface area contributed by atoms with Gasteiger partial charge in [0.25, 0.3) is 0 Å². The van der Waals surface area contributed by atoms with E-state index in [0.29, 0.717) is 18.8 Å². The topological polar surface area (TPSA) is 95.6 Å². The van der Waals surface area contributed by atoms with Crippen molar-refractivity contribution in [2.45, 2.75) is 43.0 Å². The van der Waals surface area contributed by atoms with Crippen LogP contribution >= 0.6 is 0 Å². The summed E-state index contributed by atoms with van der Waals surface area (Å²) in [6.07, 6.45) is 4.46. The first kappa shape index (κ1) is 20.6. The number of benzene rings is 2. The number of carbonyl (C=O) groups is 2. The Balaban J connectivity index is 1.39. The Kier molecular flexibility index (Phi) is 5.87. The standard InChI is InChI=1S/C22H25N3O4S/c26-21(22(27)24-20-9-5-7-16-6-1-2-8-19(16)20)23-17-10-12-18(13-11-17)30(28,29)25-14-3-4-15-25/h1-2,6,8,10-13,20H,3-5,7,9,14-15H2,(H,23,26)(H,24,27)/t20-/m1/s1. The summed E-state index contributed by atoms with van der Waals surface area (Å²) >= 11 is 0. The average Bonchev–Trinajstić information content (AvgIpc) is 3.30. The van der Waals surface area contributed by atoms with Gasteiger partial charge in [-0.05, 0) is 67.5 Å². The molecule has 2 aromatic rings. The molecule has 2 aliphatic rings. The molecule has 1 atom stereocenters. The first-order chi connectivity index (χ1) is 14.4. The molecule has 30 heavy (non-hydrogen) atoms. The van der Waals surface area contributed by atoms with Gasteiger partial charge < -0.3 is 10.6 Å². The van der Waals surface area contributed by atoms with Crippen LogP contribution in [-0.2, 0) is 26.0 Å². The maximum atomic E-state index is 12.6. The maximum Gasteiger partial charge on any atom is 0.313 e. The van der Waals surface area contributed by atoms with E-state index in [1.807, 2.05) is 24.3 Å². The summed E-state index contributed by atoms with van der Waals surface area (Å²) in [6.45, 7) is 1.07. The molecule has 4 rings (SSSR count). The van der Waals surface area contributed by atoms with Gasteiger partial charge in [-0.15, -0.1) is 0 Å². The largest absolute Gasteiger partial charge is 0.341 e. The average molecular weight is 428 g/mol. The van der Waals surface area contributed by atoms with Crippen molar-refractivity contribution in [1.29, 1.82) is 0 Å². The fraction of sp³-hybridized carbons (Fsp3) is 0.364. The van der Waals surface area contributed by atoms with Crippen LogP contribution in [0.25, 0.3) is 0 Å². The molecule has 0 unspecified atom stereocenters. The predicted octanol–water partition coefficient (Wildman–Crippen LogP) is 2.60. The van der Waals surface area contributed by atoms with Crippen LogP contribution in [0.15, 0.2) is 53.4 Å². The van der Waals surface area contributed by atoms with Gasteiger partial charge in [0.1, 0.15) is 0 Å².